The van der Waals surface area contributed by atoms with Gasteiger partial charge in [0.2, 0.25) is 0 Å². The van der Waals surface area contributed by atoms with E-state index in [0.717, 1.165) is 16.8 Å². The van der Waals surface area contributed by atoms with Crippen molar-refractivity contribution in [1.29, 1.82) is 0 Å². The third-order valence-corrected chi connectivity index (χ3v) is 3.88. The molecular formula is C16H18BrNO. The lowest BCUT2D eigenvalue weighted by atomic mass is 10.1. The van der Waals surface area contributed by atoms with E-state index in [9.17, 15) is 0 Å². The number of anilines is 1. The molecule has 0 N–H and O–H groups in total. The highest BCUT2D eigenvalue weighted by atomic mass is 79.9. The first-order chi connectivity index (χ1) is 9.10. The average Bonchev–Trinajstić information content (AvgIpc) is 2.41. The second kappa shape index (κ2) is 6.11. The van der Waals surface area contributed by atoms with Gasteiger partial charge in [0.25, 0.3) is 0 Å². The number of ether oxygens (including phenoxy) is 1. The summed E-state index contributed by atoms with van der Waals surface area (Å²) in [6.45, 7) is 2.94. The molecule has 0 spiro atoms. The van der Waals surface area contributed by atoms with Crippen LogP contribution >= 0.6 is 15.9 Å². The quantitative estimate of drug-likeness (QED) is 0.828. The topological polar surface area (TPSA) is 12.5 Å². The molecule has 0 unspecified atom stereocenters. The second-order valence-corrected chi connectivity index (χ2v) is 5.51. The highest BCUT2D eigenvalue weighted by Gasteiger charge is 2.07. The molecule has 0 aromatic heterocycles. The first-order valence-electron chi connectivity index (χ1n) is 6.20. The number of hydrogen-bond acceptors (Lipinski definition) is 2. The van der Waals surface area contributed by atoms with E-state index in [2.05, 4.69) is 65.1 Å². The minimum atomic E-state index is 0.835. The molecule has 2 aromatic carbocycles. The Bertz CT molecular complexity index is 568. The van der Waals surface area contributed by atoms with Crippen molar-refractivity contribution in [1.82, 2.24) is 0 Å². The molecule has 0 aliphatic rings. The summed E-state index contributed by atoms with van der Waals surface area (Å²) >= 11 is 3.59. The van der Waals surface area contributed by atoms with Gasteiger partial charge in [-0.2, -0.15) is 0 Å². The monoisotopic (exact) mass is 319 g/mol. The minimum Gasteiger partial charge on any atom is -0.497 e. The molecule has 0 heterocycles. The Morgan fingerprint density at radius 3 is 2.63 bits per heavy atom. The van der Waals surface area contributed by atoms with Gasteiger partial charge < -0.3 is 9.64 Å². The molecule has 19 heavy (non-hydrogen) atoms. The van der Waals surface area contributed by atoms with Crippen LogP contribution in [0.4, 0.5) is 5.69 Å². The zero-order valence-corrected chi connectivity index (χ0v) is 13.1. The summed E-state index contributed by atoms with van der Waals surface area (Å²) in [4.78, 5) is 2.23. The summed E-state index contributed by atoms with van der Waals surface area (Å²) in [5.74, 6) is 0.885. The number of methoxy groups -OCH3 is 1. The van der Waals surface area contributed by atoms with Gasteiger partial charge >= 0.3 is 0 Å². The van der Waals surface area contributed by atoms with Gasteiger partial charge in [-0.3, -0.25) is 0 Å². The minimum absolute atomic E-state index is 0.835. The molecule has 2 rings (SSSR count). The molecule has 100 valence electrons. The lowest BCUT2D eigenvalue weighted by Gasteiger charge is -2.21. The van der Waals surface area contributed by atoms with Crippen molar-refractivity contribution < 1.29 is 4.74 Å². The number of nitrogens with zero attached hydrogens (tertiary/aromatic N) is 1. The molecule has 0 saturated carbocycles. The van der Waals surface area contributed by atoms with Gasteiger partial charge in [-0.25, -0.2) is 0 Å². The fourth-order valence-electron chi connectivity index (χ4n) is 2.01. The fourth-order valence-corrected chi connectivity index (χ4v) is 2.38. The molecule has 0 aliphatic heterocycles. The summed E-state index contributed by atoms with van der Waals surface area (Å²) in [6, 6.07) is 14.6. The first kappa shape index (κ1) is 13.9. The van der Waals surface area contributed by atoms with Gasteiger partial charge in [0.15, 0.2) is 0 Å². The van der Waals surface area contributed by atoms with Crippen molar-refractivity contribution in [3.8, 4) is 5.75 Å². The van der Waals surface area contributed by atoms with Crippen LogP contribution in [0.3, 0.4) is 0 Å². The van der Waals surface area contributed by atoms with E-state index in [1.54, 1.807) is 7.11 Å². The predicted molar refractivity (Wildman–Crippen MR) is 84.0 cm³/mol. The van der Waals surface area contributed by atoms with Crippen molar-refractivity contribution in [2.75, 3.05) is 19.1 Å². The van der Waals surface area contributed by atoms with Crippen molar-refractivity contribution in [3.05, 3.63) is 58.1 Å². The van der Waals surface area contributed by atoms with Crippen molar-refractivity contribution in [2.24, 2.45) is 0 Å². The van der Waals surface area contributed by atoms with Gasteiger partial charge in [0, 0.05) is 23.8 Å². The van der Waals surface area contributed by atoms with Crippen LogP contribution in [0.2, 0.25) is 0 Å². The lowest BCUT2D eigenvalue weighted by Crippen LogP contribution is -2.16. The number of aryl methyl sites for hydroxylation is 1. The molecule has 0 amide bonds. The molecule has 2 aromatic rings. The first-order valence-corrected chi connectivity index (χ1v) is 6.99. The molecule has 0 radical (unpaired) electrons. The molecule has 3 heteroatoms. The largest absolute Gasteiger partial charge is 0.497 e. The summed E-state index contributed by atoms with van der Waals surface area (Å²) in [5.41, 5.74) is 3.70. The van der Waals surface area contributed by atoms with Crippen LogP contribution < -0.4 is 9.64 Å². The van der Waals surface area contributed by atoms with Crippen molar-refractivity contribution in [3.63, 3.8) is 0 Å². The predicted octanol–water partition coefficient (Wildman–Crippen LogP) is 4.40. The van der Waals surface area contributed by atoms with Gasteiger partial charge in [-0.15, -0.1) is 0 Å². The van der Waals surface area contributed by atoms with Gasteiger partial charge in [0.05, 0.1) is 7.11 Å². The summed E-state index contributed by atoms with van der Waals surface area (Å²) < 4.78 is 6.38. The van der Waals surface area contributed by atoms with Crippen LogP contribution in [0, 0.1) is 6.92 Å². The molecule has 0 saturated heterocycles. The number of hydrogen-bond donors (Lipinski definition) is 0. The number of benzene rings is 2. The Morgan fingerprint density at radius 1 is 1.16 bits per heavy atom. The molecular weight excluding hydrogens is 302 g/mol. The van der Waals surface area contributed by atoms with Crippen LogP contribution in [-0.4, -0.2) is 14.2 Å². The maximum Gasteiger partial charge on any atom is 0.119 e. The highest BCUT2D eigenvalue weighted by molar-refractivity contribution is 9.10. The van der Waals surface area contributed by atoms with Gasteiger partial charge in [-0.1, -0.05) is 28.1 Å². The molecule has 0 bridgehead atoms. The second-order valence-electron chi connectivity index (χ2n) is 4.65. The van der Waals surface area contributed by atoms with E-state index < -0.39 is 0 Å². The summed E-state index contributed by atoms with van der Waals surface area (Å²) in [7, 11) is 3.79. The lowest BCUT2D eigenvalue weighted by molar-refractivity contribution is 0.414. The molecule has 2 nitrogen and oxygen atoms in total. The van der Waals surface area contributed by atoms with E-state index >= 15 is 0 Å². The highest BCUT2D eigenvalue weighted by Crippen LogP contribution is 2.25. The van der Waals surface area contributed by atoms with E-state index in [4.69, 9.17) is 4.74 Å². The van der Waals surface area contributed by atoms with E-state index in [1.165, 1.54) is 16.8 Å². The molecule has 0 atom stereocenters. The Kier molecular flexibility index (Phi) is 4.48. The smallest absolute Gasteiger partial charge is 0.119 e. The van der Waals surface area contributed by atoms with E-state index in [0.29, 0.717) is 0 Å². The molecule has 0 aliphatic carbocycles. The normalized spacial score (nSPS) is 10.3. The summed E-state index contributed by atoms with van der Waals surface area (Å²) in [6.07, 6.45) is 0. The van der Waals surface area contributed by atoms with Crippen LogP contribution in [0.15, 0.2) is 46.9 Å². The van der Waals surface area contributed by atoms with Crippen LogP contribution in [-0.2, 0) is 6.54 Å². The maximum absolute atomic E-state index is 5.28. The van der Waals surface area contributed by atoms with Gasteiger partial charge in [0.1, 0.15) is 5.75 Å². The zero-order valence-electron chi connectivity index (χ0n) is 11.5. The van der Waals surface area contributed by atoms with Gasteiger partial charge in [-0.05, 0) is 48.4 Å². The maximum atomic E-state index is 5.28. The summed E-state index contributed by atoms with van der Waals surface area (Å²) in [5, 5.41) is 0. The Morgan fingerprint density at radius 2 is 1.95 bits per heavy atom. The van der Waals surface area contributed by atoms with Crippen LogP contribution in [0.5, 0.6) is 5.75 Å². The number of rotatable bonds is 4. The fraction of sp³-hybridized carbons (Fsp3) is 0.250. The van der Waals surface area contributed by atoms with Crippen LogP contribution in [0.25, 0.3) is 0 Å². The third kappa shape index (κ3) is 3.51. The van der Waals surface area contributed by atoms with Crippen LogP contribution in [0.1, 0.15) is 11.1 Å². The molecule has 0 fully saturated rings. The SMILES string of the molecule is COc1ccc(Br)c(CN(C)c2cccc(C)c2)c1. The third-order valence-electron chi connectivity index (χ3n) is 3.10. The number of halogens is 1. The van der Waals surface area contributed by atoms with E-state index in [-0.39, 0.29) is 0 Å². The zero-order chi connectivity index (χ0) is 13.8. The van der Waals surface area contributed by atoms with E-state index in [1.807, 2.05) is 12.1 Å². The Hall–Kier alpha value is -1.48. The standard InChI is InChI=1S/C16H18BrNO/c1-12-5-4-6-14(9-12)18(2)11-13-10-15(19-3)7-8-16(13)17/h4-10H,11H2,1-3H3. The average molecular weight is 320 g/mol. The Balaban J connectivity index is 2.21. The van der Waals surface area contributed by atoms with Crippen molar-refractivity contribution >= 4 is 21.6 Å². The van der Waals surface area contributed by atoms with Crippen molar-refractivity contribution in [2.45, 2.75) is 13.5 Å². The Labute approximate surface area is 123 Å².